The van der Waals surface area contributed by atoms with Gasteiger partial charge >= 0.3 is 0 Å². The van der Waals surface area contributed by atoms with Crippen molar-refractivity contribution in [3.8, 4) is 0 Å². The second kappa shape index (κ2) is 5.15. The first-order valence-electron chi connectivity index (χ1n) is 6.64. The van der Waals surface area contributed by atoms with Crippen molar-refractivity contribution in [2.45, 2.75) is 19.4 Å². The number of nitrogen functional groups attached to an aromatic ring is 1. The summed E-state index contributed by atoms with van der Waals surface area (Å²) < 4.78 is 14.0. The molecule has 3 rings (SSSR count). The smallest absolute Gasteiger partial charge is 0.259 e. The summed E-state index contributed by atoms with van der Waals surface area (Å²) in [5.41, 5.74) is 8.69. The maximum Gasteiger partial charge on any atom is 0.259 e. The molecular formula is C16H14BrFN2O. The van der Waals surface area contributed by atoms with Crippen molar-refractivity contribution in [1.82, 2.24) is 0 Å². The van der Waals surface area contributed by atoms with E-state index in [2.05, 4.69) is 15.9 Å². The second-order valence-electron chi connectivity index (χ2n) is 5.24. The molecule has 0 aromatic heterocycles. The van der Waals surface area contributed by atoms with Gasteiger partial charge in [-0.2, -0.15) is 0 Å². The van der Waals surface area contributed by atoms with Crippen LogP contribution < -0.4 is 10.6 Å². The molecule has 0 saturated carbocycles. The van der Waals surface area contributed by atoms with E-state index in [0.717, 1.165) is 17.7 Å². The first kappa shape index (κ1) is 14.1. The summed E-state index contributed by atoms with van der Waals surface area (Å²) in [6.45, 7) is 1.97. The van der Waals surface area contributed by atoms with Crippen LogP contribution in [0.5, 0.6) is 0 Å². The van der Waals surface area contributed by atoms with Crippen LogP contribution in [0.3, 0.4) is 0 Å². The topological polar surface area (TPSA) is 46.3 Å². The maximum atomic E-state index is 13.4. The van der Waals surface area contributed by atoms with Crippen LogP contribution in [0.25, 0.3) is 0 Å². The van der Waals surface area contributed by atoms with E-state index >= 15 is 0 Å². The predicted molar refractivity (Wildman–Crippen MR) is 84.9 cm³/mol. The number of fused-ring (bicyclic) bond motifs is 1. The third kappa shape index (κ3) is 2.42. The highest BCUT2D eigenvalue weighted by molar-refractivity contribution is 9.10. The van der Waals surface area contributed by atoms with Crippen LogP contribution in [-0.4, -0.2) is 11.9 Å². The minimum atomic E-state index is -0.425. The molecule has 2 N–H and O–H groups in total. The zero-order valence-corrected chi connectivity index (χ0v) is 13.0. The summed E-state index contributed by atoms with van der Waals surface area (Å²) in [5, 5.41) is 0. The number of carbonyl (C=O) groups is 1. The number of carbonyl (C=O) groups excluding carboxylic acids is 1. The number of benzene rings is 2. The highest BCUT2D eigenvalue weighted by Crippen LogP contribution is 2.35. The molecule has 0 saturated heterocycles. The number of nitrogens with two attached hydrogens (primary N) is 1. The monoisotopic (exact) mass is 348 g/mol. The van der Waals surface area contributed by atoms with Gasteiger partial charge in [-0.1, -0.05) is 0 Å². The van der Waals surface area contributed by atoms with Crippen molar-refractivity contribution in [3.63, 3.8) is 0 Å². The van der Waals surface area contributed by atoms with Crippen molar-refractivity contribution in [2.24, 2.45) is 0 Å². The Morgan fingerprint density at radius 1 is 1.33 bits per heavy atom. The Hall–Kier alpha value is -1.88. The summed E-state index contributed by atoms with van der Waals surface area (Å²) in [6.07, 6.45) is 0.749. The molecule has 108 valence electrons. The van der Waals surface area contributed by atoms with Gasteiger partial charge in [0.25, 0.3) is 5.91 Å². The zero-order chi connectivity index (χ0) is 15.1. The van der Waals surface area contributed by atoms with Crippen LogP contribution in [0, 0.1) is 5.82 Å². The predicted octanol–water partition coefficient (Wildman–Crippen LogP) is 3.76. The second-order valence-corrected chi connectivity index (χ2v) is 6.09. The van der Waals surface area contributed by atoms with E-state index in [0.29, 0.717) is 15.7 Å². The van der Waals surface area contributed by atoms with Crippen molar-refractivity contribution in [1.29, 1.82) is 0 Å². The summed E-state index contributed by atoms with van der Waals surface area (Å²) in [4.78, 5) is 14.5. The minimum Gasteiger partial charge on any atom is -0.399 e. The number of anilines is 2. The maximum absolute atomic E-state index is 13.4. The summed E-state index contributed by atoms with van der Waals surface area (Å²) >= 11 is 3.32. The number of nitrogens with zero attached hydrogens (tertiary/aromatic N) is 1. The van der Waals surface area contributed by atoms with Crippen LogP contribution in [0.2, 0.25) is 0 Å². The Morgan fingerprint density at radius 2 is 2.10 bits per heavy atom. The Morgan fingerprint density at radius 3 is 2.86 bits per heavy atom. The van der Waals surface area contributed by atoms with Crippen LogP contribution in [0.15, 0.2) is 40.9 Å². The lowest BCUT2D eigenvalue weighted by atomic mass is 10.1. The molecule has 5 heteroatoms. The fraction of sp³-hybridized carbons (Fsp3) is 0.188. The molecule has 1 unspecified atom stereocenters. The Balaban J connectivity index is 2.05. The molecule has 21 heavy (non-hydrogen) atoms. The van der Waals surface area contributed by atoms with Gasteiger partial charge < -0.3 is 10.6 Å². The molecule has 1 amide bonds. The summed E-state index contributed by atoms with van der Waals surface area (Å²) in [7, 11) is 0. The van der Waals surface area contributed by atoms with Gasteiger partial charge in [-0.15, -0.1) is 0 Å². The molecule has 0 spiro atoms. The third-order valence-corrected chi connectivity index (χ3v) is 4.39. The van der Waals surface area contributed by atoms with E-state index < -0.39 is 5.82 Å². The van der Waals surface area contributed by atoms with E-state index in [1.54, 1.807) is 17.0 Å². The van der Waals surface area contributed by atoms with Crippen molar-refractivity contribution in [3.05, 3.63) is 57.8 Å². The summed E-state index contributed by atoms with van der Waals surface area (Å²) in [5.74, 6) is -0.636. The molecule has 0 aliphatic carbocycles. The molecule has 0 bridgehead atoms. The molecule has 0 fully saturated rings. The highest BCUT2D eigenvalue weighted by atomic mass is 79.9. The minimum absolute atomic E-state index is 0.0180. The largest absolute Gasteiger partial charge is 0.399 e. The van der Waals surface area contributed by atoms with Gasteiger partial charge in [-0.05, 0) is 71.2 Å². The van der Waals surface area contributed by atoms with Gasteiger partial charge in [0, 0.05) is 21.9 Å². The first-order valence-corrected chi connectivity index (χ1v) is 7.43. The third-order valence-electron chi connectivity index (χ3n) is 3.70. The van der Waals surface area contributed by atoms with Crippen LogP contribution in [0.1, 0.15) is 22.8 Å². The van der Waals surface area contributed by atoms with Gasteiger partial charge in [0.05, 0.1) is 5.56 Å². The average molecular weight is 349 g/mol. The lowest BCUT2D eigenvalue weighted by Crippen LogP contribution is -2.36. The molecule has 2 aromatic rings. The Bertz CT molecular complexity index is 732. The zero-order valence-electron chi connectivity index (χ0n) is 11.4. The molecule has 1 aliphatic heterocycles. The van der Waals surface area contributed by atoms with Gasteiger partial charge in [-0.3, -0.25) is 4.79 Å². The molecule has 1 aliphatic rings. The van der Waals surface area contributed by atoms with E-state index in [1.165, 1.54) is 12.1 Å². The standard InChI is InChI=1S/C16H14BrFN2O/c1-9-6-10-7-12(19)3-5-15(10)20(9)16(21)13-8-11(18)2-4-14(13)17/h2-5,7-9H,6,19H2,1H3. The first-order chi connectivity index (χ1) is 9.97. The Labute approximate surface area is 130 Å². The van der Waals surface area contributed by atoms with Gasteiger partial charge in [-0.25, -0.2) is 4.39 Å². The average Bonchev–Trinajstić information content (AvgIpc) is 2.75. The van der Waals surface area contributed by atoms with Crippen molar-refractivity contribution in [2.75, 3.05) is 10.6 Å². The van der Waals surface area contributed by atoms with Crippen LogP contribution >= 0.6 is 15.9 Å². The molecule has 0 radical (unpaired) electrons. The molecule has 1 atom stereocenters. The lowest BCUT2D eigenvalue weighted by Gasteiger charge is -2.23. The molecule has 2 aromatic carbocycles. The fourth-order valence-electron chi connectivity index (χ4n) is 2.75. The van der Waals surface area contributed by atoms with Gasteiger partial charge in [0.1, 0.15) is 5.82 Å². The van der Waals surface area contributed by atoms with Gasteiger partial charge in [0.2, 0.25) is 0 Å². The van der Waals surface area contributed by atoms with Crippen molar-refractivity contribution < 1.29 is 9.18 Å². The number of hydrogen-bond acceptors (Lipinski definition) is 2. The van der Waals surface area contributed by atoms with E-state index in [-0.39, 0.29) is 11.9 Å². The van der Waals surface area contributed by atoms with Crippen LogP contribution in [0.4, 0.5) is 15.8 Å². The Kier molecular flexibility index (Phi) is 3.45. The van der Waals surface area contributed by atoms with Crippen LogP contribution in [-0.2, 0) is 6.42 Å². The molecule has 3 nitrogen and oxygen atoms in total. The quantitative estimate of drug-likeness (QED) is 0.797. The molecular weight excluding hydrogens is 335 g/mol. The number of rotatable bonds is 1. The lowest BCUT2D eigenvalue weighted by molar-refractivity contribution is 0.0980. The van der Waals surface area contributed by atoms with E-state index in [1.807, 2.05) is 19.1 Å². The normalized spacial score (nSPS) is 16.9. The number of halogens is 2. The SMILES string of the molecule is CC1Cc2cc(N)ccc2N1C(=O)c1cc(F)ccc1Br. The van der Waals surface area contributed by atoms with Crippen molar-refractivity contribution >= 4 is 33.2 Å². The van der Waals surface area contributed by atoms with E-state index in [9.17, 15) is 9.18 Å². The number of hydrogen-bond donors (Lipinski definition) is 1. The van der Waals surface area contributed by atoms with E-state index in [4.69, 9.17) is 5.73 Å². The highest BCUT2D eigenvalue weighted by Gasteiger charge is 2.32. The number of amides is 1. The summed E-state index contributed by atoms with van der Waals surface area (Å²) in [6, 6.07) is 9.66. The fourth-order valence-corrected chi connectivity index (χ4v) is 3.17. The van der Waals surface area contributed by atoms with Gasteiger partial charge in [0.15, 0.2) is 0 Å². The molecule has 1 heterocycles.